The van der Waals surface area contributed by atoms with Crippen LogP contribution in [0.1, 0.15) is 10.4 Å². The second-order valence-electron chi connectivity index (χ2n) is 6.98. The van der Waals surface area contributed by atoms with Gasteiger partial charge in [-0.1, -0.05) is 17.7 Å². The fourth-order valence-electron chi connectivity index (χ4n) is 3.46. The van der Waals surface area contributed by atoms with Gasteiger partial charge in [0.1, 0.15) is 0 Å². The summed E-state index contributed by atoms with van der Waals surface area (Å²) in [4.78, 5) is 14.6. The van der Waals surface area contributed by atoms with E-state index in [1.807, 2.05) is 24.3 Å². The molecule has 0 bridgehead atoms. The Bertz CT molecular complexity index is 1010. The Balaban J connectivity index is 1.53. The second-order valence-corrected chi connectivity index (χ2v) is 9.50. The smallest absolute Gasteiger partial charge is 0.255 e. The van der Waals surface area contributed by atoms with Gasteiger partial charge in [-0.25, -0.2) is 8.42 Å². The molecular formula is C21H26ClN3O5S. The highest BCUT2D eigenvalue weighted by Crippen LogP contribution is 2.30. The molecule has 8 nitrogen and oxygen atoms in total. The highest BCUT2D eigenvalue weighted by Gasteiger charge is 2.27. The summed E-state index contributed by atoms with van der Waals surface area (Å²) in [5.41, 5.74) is 1.30. The van der Waals surface area contributed by atoms with Crippen molar-refractivity contribution >= 4 is 33.2 Å². The van der Waals surface area contributed by atoms with E-state index >= 15 is 0 Å². The lowest BCUT2D eigenvalue weighted by Gasteiger charge is -2.35. The number of methoxy groups -OCH3 is 2. The van der Waals surface area contributed by atoms with Crippen LogP contribution < -0.4 is 19.7 Å². The quantitative estimate of drug-likeness (QED) is 0.640. The zero-order chi connectivity index (χ0) is 22.4. The second kappa shape index (κ2) is 10.2. The molecule has 0 atom stereocenters. The number of anilines is 1. The first-order chi connectivity index (χ1) is 14.9. The van der Waals surface area contributed by atoms with Crippen molar-refractivity contribution in [1.29, 1.82) is 0 Å². The number of carbonyl (C=O) groups excluding carboxylic acids is 1. The molecule has 2 aromatic rings. The summed E-state index contributed by atoms with van der Waals surface area (Å²) in [6.45, 7) is 1.96. The first-order valence-electron chi connectivity index (χ1n) is 9.83. The zero-order valence-electron chi connectivity index (χ0n) is 17.5. The lowest BCUT2D eigenvalue weighted by Crippen LogP contribution is -2.50. The van der Waals surface area contributed by atoms with Crippen LogP contribution in [0.25, 0.3) is 0 Å². The van der Waals surface area contributed by atoms with Gasteiger partial charge in [0, 0.05) is 43.4 Å². The fraction of sp³-hybridized carbons (Fsp3) is 0.381. The lowest BCUT2D eigenvalue weighted by atomic mass is 10.1. The molecule has 2 aromatic carbocycles. The number of halogens is 1. The number of hydrogen-bond acceptors (Lipinski definition) is 6. The maximum Gasteiger partial charge on any atom is 0.255 e. The molecule has 1 fully saturated rings. The van der Waals surface area contributed by atoms with E-state index in [0.717, 1.165) is 5.69 Å². The van der Waals surface area contributed by atoms with Crippen molar-refractivity contribution in [2.45, 2.75) is 0 Å². The third kappa shape index (κ3) is 5.61. The predicted octanol–water partition coefficient (Wildman–Crippen LogP) is 2.24. The molecule has 0 aromatic heterocycles. The topological polar surface area (TPSA) is 88.2 Å². The monoisotopic (exact) mass is 467 g/mol. The highest BCUT2D eigenvalue weighted by molar-refractivity contribution is 7.89. The lowest BCUT2D eigenvalue weighted by molar-refractivity contribution is 0.0952. The van der Waals surface area contributed by atoms with Gasteiger partial charge in [0.15, 0.2) is 11.5 Å². The zero-order valence-corrected chi connectivity index (χ0v) is 19.1. The van der Waals surface area contributed by atoms with Crippen molar-refractivity contribution in [2.75, 3.05) is 57.6 Å². The van der Waals surface area contributed by atoms with Gasteiger partial charge in [-0.15, -0.1) is 0 Å². The Morgan fingerprint density at radius 1 is 1.03 bits per heavy atom. The molecule has 1 aliphatic heterocycles. The number of carbonyl (C=O) groups is 1. The van der Waals surface area contributed by atoms with Gasteiger partial charge in [0.25, 0.3) is 5.91 Å². The third-order valence-corrected chi connectivity index (χ3v) is 7.24. The fourth-order valence-corrected chi connectivity index (χ4v) is 4.92. The van der Waals surface area contributed by atoms with Crippen LogP contribution in [0, 0.1) is 0 Å². The summed E-state index contributed by atoms with van der Waals surface area (Å²) in [6.07, 6.45) is 0. The highest BCUT2D eigenvalue weighted by atomic mass is 35.5. The Kier molecular flexibility index (Phi) is 7.64. The van der Waals surface area contributed by atoms with Crippen molar-refractivity contribution in [3.05, 3.63) is 53.1 Å². The molecule has 1 amide bonds. The molecule has 1 aliphatic rings. The van der Waals surface area contributed by atoms with Crippen LogP contribution in [0.3, 0.4) is 0 Å². The maximum absolute atomic E-state index is 12.7. The van der Waals surface area contributed by atoms with Gasteiger partial charge in [-0.3, -0.25) is 4.79 Å². The number of benzene rings is 2. The van der Waals surface area contributed by atoms with Gasteiger partial charge in [-0.2, -0.15) is 4.31 Å². The summed E-state index contributed by atoms with van der Waals surface area (Å²) in [7, 11) is -0.555. The van der Waals surface area contributed by atoms with Crippen molar-refractivity contribution in [1.82, 2.24) is 9.62 Å². The number of nitrogens with one attached hydrogen (secondary N) is 1. The first-order valence-corrected chi connectivity index (χ1v) is 11.8. The Morgan fingerprint density at radius 2 is 1.71 bits per heavy atom. The van der Waals surface area contributed by atoms with Gasteiger partial charge in [0.05, 0.1) is 25.5 Å². The minimum atomic E-state index is -3.49. The molecule has 31 heavy (non-hydrogen) atoms. The number of sulfonamides is 1. The molecule has 0 aliphatic carbocycles. The first kappa shape index (κ1) is 23.2. The number of nitrogens with zero attached hydrogens (tertiary/aromatic N) is 2. The van der Waals surface area contributed by atoms with Crippen molar-refractivity contribution < 1.29 is 22.7 Å². The molecule has 1 saturated heterocycles. The van der Waals surface area contributed by atoms with E-state index in [4.69, 9.17) is 21.1 Å². The van der Waals surface area contributed by atoms with Crippen LogP contribution >= 0.6 is 11.6 Å². The Hall–Kier alpha value is -2.49. The molecule has 10 heteroatoms. The summed E-state index contributed by atoms with van der Waals surface area (Å²) in [5.74, 6) is 0.148. The van der Waals surface area contributed by atoms with Crippen LogP contribution in [0.2, 0.25) is 5.02 Å². The van der Waals surface area contributed by atoms with Gasteiger partial charge in [-0.05, 0) is 36.4 Å². The van der Waals surface area contributed by atoms with Crippen LogP contribution in [0.5, 0.6) is 11.5 Å². The van der Waals surface area contributed by atoms with Gasteiger partial charge >= 0.3 is 0 Å². The van der Waals surface area contributed by atoms with Crippen molar-refractivity contribution in [3.8, 4) is 11.5 Å². The molecule has 0 saturated carbocycles. The van der Waals surface area contributed by atoms with E-state index in [0.29, 0.717) is 42.7 Å². The number of piperazine rings is 1. The molecule has 0 spiro atoms. The Labute approximate surface area is 187 Å². The maximum atomic E-state index is 12.7. The van der Waals surface area contributed by atoms with E-state index in [1.165, 1.54) is 18.5 Å². The molecule has 1 heterocycles. The van der Waals surface area contributed by atoms with E-state index in [-0.39, 0.29) is 17.9 Å². The Morgan fingerprint density at radius 3 is 2.32 bits per heavy atom. The van der Waals surface area contributed by atoms with Crippen LogP contribution in [0.4, 0.5) is 5.69 Å². The standard InChI is InChI=1S/C21H26ClN3O5S/c1-29-19-5-3-4-18(20(19)30-2)21(26)23-10-15-31(27,28)25-13-11-24(12-14-25)17-8-6-16(22)7-9-17/h3-9H,10-15H2,1-2H3,(H,23,26). The minimum Gasteiger partial charge on any atom is -0.493 e. The number of hydrogen-bond donors (Lipinski definition) is 1. The number of ether oxygens (including phenoxy) is 2. The average molecular weight is 468 g/mol. The molecule has 3 rings (SSSR count). The van der Waals surface area contributed by atoms with Crippen LogP contribution in [-0.2, 0) is 10.0 Å². The summed E-state index contributed by atoms with van der Waals surface area (Å²) in [6, 6.07) is 12.4. The van der Waals surface area contributed by atoms with Crippen molar-refractivity contribution in [2.24, 2.45) is 0 Å². The molecule has 0 unspecified atom stereocenters. The number of rotatable bonds is 8. The van der Waals surface area contributed by atoms with Gasteiger partial charge < -0.3 is 19.7 Å². The molecule has 1 N–H and O–H groups in total. The predicted molar refractivity (Wildman–Crippen MR) is 121 cm³/mol. The summed E-state index contributed by atoms with van der Waals surface area (Å²) >= 11 is 5.93. The minimum absolute atomic E-state index is 0.00106. The SMILES string of the molecule is COc1cccc(C(=O)NCCS(=O)(=O)N2CCN(c3ccc(Cl)cc3)CC2)c1OC. The van der Waals surface area contributed by atoms with E-state index in [9.17, 15) is 13.2 Å². The third-order valence-electron chi connectivity index (χ3n) is 5.12. The van der Waals surface area contributed by atoms with Gasteiger partial charge in [0.2, 0.25) is 10.0 Å². The number of para-hydroxylation sites is 1. The normalized spacial score (nSPS) is 14.9. The van der Waals surface area contributed by atoms with E-state index in [2.05, 4.69) is 10.2 Å². The largest absolute Gasteiger partial charge is 0.493 e. The molecule has 0 radical (unpaired) electrons. The molecular weight excluding hydrogens is 442 g/mol. The molecule has 168 valence electrons. The van der Waals surface area contributed by atoms with Crippen LogP contribution in [-0.4, -0.2) is 71.3 Å². The van der Waals surface area contributed by atoms with E-state index < -0.39 is 15.9 Å². The summed E-state index contributed by atoms with van der Waals surface area (Å²) in [5, 5.41) is 3.32. The van der Waals surface area contributed by atoms with Crippen molar-refractivity contribution in [3.63, 3.8) is 0 Å². The van der Waals surface area contributed by atoms with E-state index in [1.54, 1.807) is 18.2 Å². The van der Waals surface area contributed by atoms with Crippen LogP contribution in [0.15, 0.2) is 42.5 Å². The summed E-state index contributed by atoms with van der Waals surface area (Å²) < 4.78 is 37.3. The number of amides is 1. The average Bonchev–Trinajstić information content (AvgIpc) is 2.78.